The minimum atomic E-state index is -0.393. The second-order valence-electron chi connectivity index (χ2n) is 4.04. The van der Waals surface area contributed by atoms with Crippen molar-refractivity contribution in [1.82, 2.24) is 10.3 Å². The molecule has 1 heterocycles. The molecule has 0 amide bonds. The molecule has 1 aromatic rings. The van der Waals surface area contributed by atoms with Crippen molar-refractivity contribution in [3.8, 4) is 12.3 Å². The van der Waals surface area contributed by atoms with Crippen molar-refractivity contribution in [2.45, 2.75) is 32.4 Å². The Bertz CT molecular complexity index is 362. The summed E-state index contributed by atoms with van der Waals surface area (Å²) < 4.78 is 12.6. The molecule has 1 atom stereocenters. The molecule has 0 radical (unpaired) electrons. The van der Waals surface area contributed by atoms with Gasteiger partial charge in [-0.25, -0.2) is 4.39 Å². The maximum Gasteiger partial charge on any atom is 0.141 e. The summed E-state index contributed by atoms with van der Waals surface area (Å²) in [7, 11) is 0. The van der Waals surface area contributed by atoms with E-state index in [9.17, 15) is 4.39 Å². The average Bonchev–Trinajstić information content (AvgIpc) is 2.18. The van der Waals surface area contributed by atoms with Crippen molar-refractivity contribution in [2.75, 3.05) is 0 Å². The van der Waals surface area contributed by atoms with Crippen LogP contribution in [-0.2, 0) is 0 Å². The minimum absolute atomic E-state index is 0.00310. The van der Waals surface area contributed by atoms with Crippen molar-refractivity contribution in [2.24, 2.45) is 0 Å². The monoisotopic (exact) mass is 206 g/mol. The Labute approximate surface area is 89.9 Å². The third-order valence-electron chi connectivity index (χ3n) is 2.13. The fraction of sp³-hybridized carbons (Fsp3) is 0.417. The Kier molecular flexibility index (Phi) is 3.43. The number of halogens is 1. The molecular formula is C12H15FN2. The van der Waals surface area contributed by atoms with Crippen LogP contribution >= 0.6 is 0 Å². The summed E-state index contributed by atoms with van der Waals surface area (Å²) in [5, 5.41) is 3.22. The van der Waals surface area contributed by atoms with Gasteiger partial charge < -0.3 is 0 Å². The van der Waals surface area contributed by atoms with Crippen LogP contribution in [0.1, 0.15) is 32.5 Å². The highest BCUT2D eigenvalue weighted by molar-refractivity contribution is 5.14. The van der Waals surface area contributed by atoms with Gasteiger partial charge in [0.05, 0.1) is 17.4 Å². The van der Waals surface area contributed by atoms with Crippen LogP contribution in [-0.4, -0.2) is 10.5 Å². The maximum atomic E-state index is 12.6. The largest absolute Gasteiger partial charge is 0.293 e. The average molecular weight is 206 g/mol. The summed E-state index contributed by atoms with van der Waals surface area (Å²) in [5.41, 5.74) is 0.384. The van der Waals surface area contributed by atoms with E-state index in [-0.39, 0.29) is 11.9 Å². The molecule has 1 rings (SSSR count). The molecule has 0 saturated heterocycles. The first-order valence-corrected chi connectivity index (χ1v) is 4.81. The summed E-state index contributed by atoms with van der Waals surface area (Å²) in [5.74, 6) is 2.31. The van der Waals surface area contributed by atoms with E-state index in [0.717, 1.165) is 5.69 Å². The van der Waals surface area contributed by atoms with Gasteiger partial charge in [0.15, 0.2) is 0 Å². The lowest BCUT2D eigenvalue weighted by atomic mass is 10.0. The number of terminal acetylenes is 1. The van der Waals surface area contributed by atoms with Gasteiger partial charge >= 0.3 is 0 Å². The summed E-state index contributed by atoms with van der Waals surface area (Å²) in [4.78, 5) is 3.99. The third-order valence-corrected chi connectivity index (χ3v) is 2.13. The normalized spacial score (nSPS) is 13.3. The highest BCUT2D eigenvalue weighted by atomic mass is 19.1. The molecule has 0 saturated carbocycles. The van der Waals surface area contributed by atoms with Crippen LogP contribution in [0.2, 0.25) is 0 Å². The van der Waals surface area contributed by atoms with Crippen LogP contribution in [0, 0.1) is 18.2 Å². The number of hydrogen-bond acceptors (Lipinski definition) is 2. The summed E-state index contributed by atoms with van der Waals surface area (Å²) in [6.45, 7) is 5.76. The van der Waals surface area contributed by atoms with E-state index in [0.29, 0.717) is 0 Å². The van der Waals surface area contributed by atoms with Gasteiger partial charge in [0.2, 0.25) is 0 Å². The Morgan fingerprint density at radius 3 is 2.67 bits per heavy atom. The highest BCUT2D eigenvalue weighted by Gasteiger charge is 2.18. The molecule has 3 heteroatoms. The van der Waals surface area contributed by atoms with Crippen molar-refractivity contribution >= 4 is 0 Å². The maximum absolute atomic E-state index is 12.6. The van der Waals surface area contributed by atoms with Crippen molar-refractivity contribution in [3.05, 3.63) is 29.8 Å². The fourth-order valence-electron chi connectivity index (χ4n) is 1.30. The van der Waals surface area contributed by atoms with Crippen LogP contribution < -0.4 is 5.32 Å². The number of aromatic nitrogens is 1. The van der Waals surface area contributed by atoms with Crippen LogP contribution in [0.5, 0.6) is 0 Å². The van der Waals surface area contributed by atoms with Gasteiger partial charge in [0.1, 0.15) is 5.82 Å². The molecule has 0 aliphatic carbocycles. The quantitative estimate of drug-likeness (QED) is 0.767. The summed E-state index contributed by atoms with van der Waals surface area (Å²) in [6, 6.07) is 3.04. The molecule has 80 valence electrons. The molecule has 0 aliphatic rings. The van der Waals surface area contributed by atoms with Crippen LogP contribution in [0.15, 0.2) is 18.3 Å². The van der Waals surface area contributed by atoms with Gasteiger partial charge in [0, 0.05) is 6.04 Å². The predicted molar refractivity (Wildman–Crippen MR) is 58.7 cm³/mol. The highest BCUT2D eigenvalue weighted by Crippen LogP contribution is 2.13. The van der Waals surface area contributed by atoms with Gasteiger partial charge in [-0.05, 0) is 32.9 Å². The number of nitrogens with one attached hydrogen (secondary N) is 1. The molecule has 0 aliphatic heterocycles. The second kappa shape index (κ2) is 4.41. The molecular weight excluding hydrogens is 191 g/mol. The van der Waals surface area contributed by atoms with Gasteiger partial charge in [0.25, 0.3) is 0 Å². The topological polar surface area (TPSA) is 24.9 Å². The minimum Gasteiger partial charge on any atom is -0.293 e. The van der Waals surface area contributed by atoms with Crippen molar-refractivity contribution in [1.29, 1.82) is 0 Å². The van der Waals surface area contributed by atoms with E-state index in [1.807, 2.05) is 20.8 Å². The zero-order valence-corrected chi connectivity index (χ0v) is 9.21. The predicted octanol–water partition coefficient (Wildman–Crippen LogP) is 2.28. The molecule has 0 bridgehead atoms. The Hall–Kier alpha value is -1.40. The zero-order chi connectivity index (χ0) is 11.5. The number of pyridine rings is 1. The summed E-state index contributed by atoms with van der Waals surface area (Å²) >= 11 is 0. The molecule has 1 unspecified atom stereocenters. The fourth-order valence-corrected chi connectivity index (χ4v) is 1.30. The molecule has 15 heavy (non-hydrogen) atoms. The first kappa shape index (κ1) is 11.7. The van der Waals surface area contributed by atoms with E-state index in [1.165, 1.54) is 12.3 Å². The lowest BCUT2D eigenvalue weighted by molar-refractivity contribution is 0.425. The number of nitrogens with zero attached hydrogens (tertiary/aromatic N) is 1. The Morgan fingerprint density at radius 1 is 1.53 bits per heavy atom. The van der Waals surface area contributed by atoms with Crippen LogP contribution in [0.25, 0.3) is 0 Å². The lowest BCUT2D eigenvalue weighted by Crippen LogP contribution is -2.39. The Morgan fingerprint density at radius 2 is 2.20 bits per heavy atom. The molecule has 0 fully saturated rings. The van der Waals surface area contributed by atoms with E-state index in [4.69, 9.17) is 6.42 Å². The van der Waals surface area contributed by atoms with Gasteiger partial charge in [-0.3, -0.25) is 10.3 Å². The van der Waals surface area contributed by atoms with Gasteiger partial charge in [-0.15, -0.1) is 6.42 Å². The van der Waals surface area contributed by atoms with Gasteiger partial charge in [-0.2, -0.15) is 0 Å². The summed E-state index contributed by atoms with van der Waals surface area (Å²) in [6.07, 6.45) is 6.57. The van der Waals surface area contributed by atoms with E-state index < -0.39 is 5.54 Å². The SMILES string of the molecule is C#CC(C)(C)NC(C)c1ccc(F)cn1. The van der Waals surface area contributed by atoms with Crippen molar-refractivity contribution in [3.63, 3.8) is 0 Å². The molecule has 0 spiro atoms. The lowest BCUT2D eigenvalue weighted by Gasteiger charge is -2.24. The van der Waals surface area contributed by atoms with E-state index in [2.05, 4.69) is 16.2 Å². The molecule has 1 N–H and O–H groups in total. The smallest absolute Gasteiger partial charge is 0.141 e. The van der Waals surface area contributed by atoms with E-state index >= 15 is 0 Å². The van der Waals surface area contributed by atoms with Crippen LogP contribution in [0.3, 0.4) is 0 Å². The second-order valence-corrected chi connectivity index (χ2v) is 4.04. The zero-order valence-electron chi connectivity index (χ0n) is 9.21. The van der Waals surface area contributed by atoms with E-state index in [1.54, 1.807) is 6.07 Å². The molecule has 0 aromatic carbocycles. The standard InChI is InChI=1S/C12H15FN2/c1-5-12(3,4)15-9(2)11-7-6-10(13)8-14-11/h1,6-9,15H,2-4H3. The first-order valence-electron chi connectivity index (χ1n) is 4.81. The number of rotatable bonds is 3. The van der Waals surface area contributed by atoms with Crippen LogP contribution in [0.4, 0.5) is 4.39 Å². The number of hydrogen-bond donors (Lipinski definition) is 1. The first-order chi connectivity index (χ1) is 6.94. The molecule has 1 aromatic heterocycles. The van der Waals surface area contributed by atoms with Crippen molar-refractivity contribution < 1.29 is 4.39 Å². The third kappa shape index (κ3) is 3.34. The molecule has 2 nitrogen and oxygen atoms in total. The Balaban J connectivity index is 2.74. The van der Waals surface area contributed by atoms with Gasteiger partial charge in [-0.1, -0.05) is 5.92 Å².